The van der Waals surface area contributed by atoms with E-state index in [4.69, 9.17) is 15.2 Å². The van der Waals surface area contributed by atoms with Crippen molar-refractivity contribution < 1.29 is 14.3 Å². The fourth-order valence-electron chi connectivity index (χ4n) is 2.49. The molecule has 19 heavy (non-hydrogen) atoms. The smallest absolute Gasteiger partial charge is 0.338 e. The maximum atomic E-state index is 12.1. The van der Waals surface area contributed by atoms with Gasteiger partial charge in [0.15, 0.2) is 0 Å². The Labute approximate surface area is 113 Å². The molecule has 1 aliphatic rings. The highest BCUT2D eigenvalue weighted by atomic mass is 16.6. The van der Waals surface area contributed by atoms with Gasteiger partial charge in [-0.05, 0) is 31.5 Å². The average Bonchev–Trinajstić information content (AvgIpc) is 2.37. The average molecular weight is 263 g/mol. The minimum absolute atomic E-state index is 0.0622. The summed E-state index contributed by atoms with van der Waals surface area (Å²) < 4.78 is 11.2. The highest BCUT2D eigenvalue weighted by Crippen LogP contribution is 2.22. The molecule has 1 aromatic carbocycles. The Morgan fingerprint density at radius 3 is 2.68 bits per heavy atom. The third kappa shape index (κ3) is 3.78. The minimum atomic E-state index is -0.276. The second kappa shape index (κ2) is 6.17. The first-order valence-corrected chi connectivity index (χ1v) is 6.74. The molecule has 2 N–H and O–H groups in total. The van der Waals surface area contributed by atoms with Gasteiger partial charge in [-0.25, -0.2) is 4.79 Å². The van der Waals surface area contributed by atoms with Crippen molar-refractivity contribution in [3.63, 3.8) is 0 Å². The van der Waals surface area contributed by atoms with Gasteiger partial charge < -0.3 is 15.2 Å². The molecular formula is C15H21NO3. The van der Waals surface area contributed by atoms with Gasteiger partial charge in [0.1, 0.15) is 6.10 Å². The number of benzene rings is 1. The van der Waals surface area contributed by atoms with E-state index >= 15 is 0 Å². The summed E-state index contributed by atoms with van der Waals surface area (Å²) in [5, 5.41) is 0. The molecule has 0 saturated carbocycles. The van der Waals surface area contributed by atoms with Crippen molar-refractivity contribution in [2.75, 3.05) is 0 Å². The summed E-state index contributed by atoms with van der Waals surface area (Å²) >= 11 is 0. The normalized spacial score (nSPS) is 27.0. The predicted octanol–water partition coefficient (Wildman–Crippen LogP) is 2.26. The maximum Gasteiger partial charge on any atom is 0.338 e. The van der Waals surface area contributed by atoms with Gasteiger partial charge in [-0.3, -0.25) is 0 Å². The molecule has 1 aliphatic heterocycles. The summed E-state index contributed by atoms with van der Waals surface area (Å²) in [6.45, 7) is 4.43. The van der Waals surface area contributed by atoms with Gasteiger partial charge in [0.05, 0.1) is 17.8 Å². The van der Waals surface area contributed by atoms with E-state index in [0.717, 1.165) is 18.4 Å². The van der Waals surface area contributed by atoms with Crippen LogP contribution in [0.5, 0.6) is 0 Å². The molecular weight excluding hydrogens is 242 g/mol. The van der Waals surface area contributed by atoms with Gasteiger partial charge in [-0.1, -0.05) is 12.1 Å². The van der Waals surface area contributed by atoms with Crippen LogP contribution in [0.15, 0.2) is 24.3 Å². The van der Waals surface area contributed by atoms with Gasteiger partial charge in [0.2, 0.25) is 0 Å². The monoisotopic (exact) mass is 263 g/mol. The topological polar surface area (TPSA) is 61.5 Å². The standard InChI is InChI=1S/C15H21NO3/c1-10-6-14(7-11(2)18-10)19-15(17)13-5-3-4-12(8-13)9-16/h3-5,8,10-11,14H,6-7,9,16H2,1-2H3. The van der Waals surface area contributed by atoms with Crippen LogP contribution in [0.2, 0.25) is 0 Å². The molecule has 1 fully saturated rings. The van der Waals surface area contributed by atoms with E-state index in [1.54, 1.807) is 12.1 Å². The van der Waals surface area contributed by atoms with Crippen molar-refractivity contribution in [1.29, 1.82) is 0 Å². The summed E-state index contributed by atoms with van der Waals surface area (Å²) in [5.74, 6) is -0.276. The number of ether oxygens (including phenoxy) is 2. The molecule has 0 aliphatic carbocycles. The van der Waals surface area contributed by atoms with Crippen LogP contribution in [0.3, 0.4) is 0 Å². The summed E-state index contributed by atoms with van der Waals surface area (Å²) in [4.78, 5) is 12.1. The molecule has 0 aromatic heterocycles. The van der Waals surface area contributed by atoms with Crippen LogP contribution in [0.1, 0.15) is 42.6 Å². The quantitative estimate of drug-likeness (QED) is 0.850. The van der Waals surface area contributed by atoms with Gasteiger partial charge in [-0.15, -0.1) is 0 Å². The van der Waals surface area contributed by atoms with Crippen LogP contribution in [0, 0.1) is 0 Å². The van der Waals surface area contributed by atoms with Crippen molar-refractivity contribution in [2.24, 2.45) is 5.73 Å². The molecule has 2 rings (SSSR count). The van der Waals surface area contributed by atoms with Gasteiger partial charge in [0.25, 0.3) is 0 Å². The van der Waals surface area contributed by atoms with E-state index in [1.807, 2.05) is 26.0 Å². The van der Waals surface area contributed by atoms with E-state index in [0.29, 0.717) is 12.1 Å². The molecule has 0 amide bonds. The van der Waals surface area contributed by atoms with Crippen LogP contribution in [-0.2, 0) is 16.0 Å². The maximum absolute atomic E-state index is 12.1. The molecule has 4 nitrogen and oxygen atoms in total. The number of hydrogen-bond acceptors (Lipinski definition) is 4. The van der Waals surface area contributed by atoms with Crippen LogP contribution in [0.25, 0.3) is 0 Å². The summed E-state index contributed by atoms with van der Waals surface area (Å²) in [7, 11) is 0. The summed E-state index contributed by atoms with van der Waals surface area (Å²) in [5.41, 5.74) is 7.07. The molecule has 1 saturated heterocycles. The number of nitrogens with two attached hydrogens (primary N) is 1. The molecule has 2 atom stereocenters. The fraction of sp³-hybridized carbons (Fsp3) is 0.533. The van der Waals surface area contributed by atoms with E-state index in [-0.39, 0.29) is 24.3 Å². The third-order valence-corrected chi connectivity index (χ3v) is 3.33. The lowest BCUT2D eigenvalue weighted by Gasteiger charge is -2.31. The Balaban J connectivity index is 2.00. The van der Waals surface area contributed by atoms with Crippen LogP contribution in [-0.4, -0.2) is 24.3 Å². The molecule has 1 aromatic rings. The van der Waals surface area contributed by atoms with Crippen molar-refractivity contribution in [2.45, 2.75) is 51.5 Å². The van der Waals surface area contributed by atoms with Crippen molar-refractivity contribution in [1.82, 2.24) is 0 Å². The molecule has 2 unspecified atom stereocenters. The molecule has 4 heteroatoms. The highest BCUT2D eigenvalue weighted by Gasteiger charge is 2.27. The lowest BCUT2D eigenvalue weighted by Crippen LogP contribution is -2.35. The molecule has 0 radical (unpaired) electrons. The lowest BCUT2D eigenvalue weighted by molar-refractivity contribution is -0.0855. The Morgan fingerprint density at radius 1 is 1.37 bits per heavy atom. The zero-order valence-corrected chi connectivity index (χ0v) is 11.5. The minimum Gasteiger partial charge on any atom is -0.459 e. The number of rotatable bonds is 3. The Morgan fingerprint density at radius 2 is 2.05 bits per heavy atom. The first kappa shape index (κ1) is 14.0. The van der Waals surface area contributed by atoms with Crippen LogP contribution >= 0.6 is 0 Å². The van der Waals surface area contributed by atoms with Crippen molar-refractivity contribution in [3.05, 3.63) is 35.4 Å². The van der Waals surface area contributed by atoms with E-state index in [2.05, 4.69) is 0 Å². The van der Waals surface area contributed by atoms with E-state index in [1.165, 1.54) is 0 Å². The summed E-state index contributed by atoms with van der Waals surface area (Å²) in [6, 6.07) is 7.27. The van der Waals surface area contributed by atoms with Crippen molar-refractivity contribution >= 4 is 5.97 Å². The number of esters is 1. The Bertz CT molecular complexity index is 437. The number of hydrogen-bond donors (Lipinski definition) is 1. The van der Waals surface area contributed by atoms with E-state index < -0.39 is 0 Å². The second-order valence-corrected chi connectivity index (χ2v) is 5.16. The third-order valence-electron chi connectivity index (χ3n) is 3.33. The SMILES string of the molecule is CC1CC(OC(=O)c2cccc(CN)c2)CC(C)O1. The Kier molecular flexibility index (Phi) is 4.56. The zero-order chi connectivity index (χ0) is 13.8. The van der Waals surface area contributed by atoms with Gasteiger partial charge in [-0.2, -0.15) is 0 Å². The second-order valence-electron chi connectivity index (χ2n) is 5.16. The first-order valence-electron chi connectivity index (χ1n) is 6.74. The lowest BCUT2D eigenvalue weighted by atomic mass is 10.0. The number of carbonyl (C=O) groups excluding carboxylic acids is 1. The highest BCUT2D eigenvalue weighted by molar-refractivity contribution is 5.89. The number of carbonyl (C=O) groups is 1. The molecule has 0 bridgehead atoms. The Hall–Kier alpha value is -1.39. The van der Waals surface area contributed by atoms with Gasteiger partial charge in [0, 0.05) is 19.4 Å². The zero-order valence-electron chi connectivity index (χ0n) is 11.5. The van der Waals surface area contributed by atoms with Gasteiger partial charge >= 0.3 is 5.97 Å². The van der Waals surface area contributed by atoms with E-state index in [9.17, 15) is 4.79 Å². The molecule has 0 spiro atoms. The fourth-order valence-corrected chi connectivity index (χ4v) is 2.49. The predicted molar refractivity (Wildman–Crippen MR) is 72.8 cm³/mol. The molecule has 1 heterocycles. The molecule has 104 valence electrons. The van der Waals surface area contributed by atoms with Crippen LogP contribution in [0.4, 0.5) is 0 Å². The largest absolute Gasteiger partial charge is 0.459 e. The van der Waals surface area contributed by atoms with Crippen LogP contribution < -0.4 is 5.73 Å². The first-order chi connectivity index (χ1) is 9.08. The van der Waals surface area contributed by atoms with Crippen molar-refractivity contribution in [3.8, 4) is 0 Å². The summed E-state index contributed by atoms with van der Waals surface area (Å²) in [6.07, 6.45) is 1.72.